The lowest BCUT2D eigenvalue weighted by Gasteiger charge is -2.17. The zero-order chi connectivity index (χ0) is 20.2. The van der Waals surface area contributed by atoms with Crippen LogP contribution in [0.15, 0.2) is 47.4 Å². The van der Waals surface area contributed by atoms with Gasteiger partial charge in [0.25, 0.3) is 11.8 Å². The minimum absolute atomic E-state index is 0.0356. The van der Waals surface area contributed by atoms with Gasteiger partial charge in [-0.1, -0.05) is 29.3 Å². The zero-order valence-electron chi connectivity index (χ0n) is 14.5. The molecule has 2 amide bonds. The van der Waals surface area contributed by atoms with Crippen LogP contribution in [-0.4, -0.2) is 38.1 Å². The summed E-state index contributed by atoms with van der Waals surface area (Å²) in [5.74, 6) is -2.54. The summed E-state index contributed by atoms with van der Waals surface area (Å²) in [5.41, 5.74) is 4.58. The smallest absolute Gasteiger partial charge is 0.272 e. The first-order valence-corrected chi connectivity index (χ1v) is 9.50. The van der Waals surface area contributed by atoms with E-state index in [0.29, 0.717) is 0 Å². The lowest BCUT2D eigenvalue weighted by atomic mass is 10.2. The molecule has 7 nitrogen and oxygen atoms in total. The Hall–Kier alpha value is -2.49. The first kappa shape index (κ1) is 20.8. The summed E-state index contributed by atoms with van der Waals surface area (Å²) >= 11 is 5.70. The van der Waals surface area contributed by atoms with Crippen molar-refractivity contribution < 1.29 is 22.4 Å². The van der Waals surface area contributed by atoms with E-state index in [0.717, 1.165) is 22.0 Å². The molecular formula is C17H17ClFN3O4S. The fourth-order valence-corrected chi connectivity index (χ4v) is 3.38. The zero-order valence-corrected chi connectivity index (χ0v) is 16.1. The van der Waals surface area contributed by atoms with Crippen molar-refractivity contribution in [2.45, 2.75) is 11.8 Å². The molecule has 144 valence electrons. The molecule has 2 aromatic carbocycles. The Labute approximate surface area is 161 Å². The molecule has 0 aliphatic carbocycles. The average molecular weight is 414 g/mol. The quantitative estimate of drug-likeness (QED) is 0.731. The minimum Gasteiger partial charge on any atom is -0.272 e. The molecule has 0 aliphatic rings. The van der Waals surface area contributed by atoms with Gasteiger partial charge in [-0.15, -0.1) is 0 Å². The molecule has 10 heteroatoms. The van der Waals surface area contributed by atoms with Gasteiger partial charge in [-0.25, -0.2) is 12.8 Å². The summed E-state index contributed by atoms with van der Waals surface area (Å²) < 4.78 is 39.3. The number of sulfonamides is 1. The average Bonchev–Trinajstić information content (AvgIpc) is 2.62. The van der Waals surface area contributed by atoms with Crippen LogP contribution in [0.3, 0.4) is 0 Å². The lowest BCUT2D eigenvalue weighted by Crippen LogP contribution is -2.46. The van der Waals surface area contributed by atoms with Crippen LogP contribution < -0.4 is 10.9 Å². The summed E-state index contributed by atoms with van der Waals surface area (Å²) in [5, 5.41) is 0.150. The SMILES string of the molecule is Cc1ccc(S(=O)(=O)N(C)CC(=O)NNC(=O)c2cc(Cl)ccc2F)cc1. The number of likely N-dealkylation sites (N-methyl/N-ethyl adjacent to an activating group) is 1. The monoisotopic (exact) mass is 413 g/mol. The summed E-state index contributed by atoms with van der Waals surface area (Å²) in [7, 11) is -2.64. The normalized spacial score (nSPS) is 11.3. The van der Waals surface area contributed by atoms with Gasteiger partial charge in [-0.05, 0) is 37.3 Å². The second-order valence-corrected chi connectivity index (χ2v) is 8.18. The number of aryl methyl sites for hydroxylation is 1. The van der Waals surface area contributed by atoms with E-state index in [2.05, 4.69) is 0 Å². The molecule has 0 atom stereocenters. The minimum atomic E-state index is -3.87. The summed E-state index contributed by atoms with van der Waals surface area (Å²) in [6.45, 7) is 1.27. The molecule has 0 aliphatic heterocycles. The Morgan fingerprint density at radius 1 is 1.11 bits per heavy atom. The number of amides is 2. The maximum Gasteiger partial charge on any atom is 0.272 e. The van der Waals surface area contributed by atoms with Crippen LogP contribution in [0.1, 0.15) is 15.9 Å². The van der Waals surface area contributed by atoms with Crippen molar-refractivity contribution in [2.24, 2.45) is 0 Å². The number of carbonyl (C=O) groups is 2. The lowest BCUT2D eigenvalue weighted by molar-refractivity contribution is -0.121. The number of carbonyl (C=O) groups excluding carboxylic acids is 2. The molecule has 0 spiro atoms. The van der Waals surface area contributed by atoms with Crippen molar-refractivity contribution in [3.8, 4) is 0 Å². The molecule has 0 saturated carbocycles. The number of nitrogens with zero attached hydrogens (tertiary/aromatic N) is 1. The number of rotatable bonds is 5. The number of hydrazine groups is 1. The second-order valence-electron chi connectivity index (χ2n) is 5.70. The topological polar surface area (TPSA) is 95.6 Å². The van der Waals surface area contributed by atoms with Gasteiger partial charge in [0.1, 0.15) is 5.82 Å². The van der Waals surface area contributed by atoms with Crippen molar-refractivity contribution >= 4 is 33.4 Å². The second kappa shape index (κ2) is 8.47. The van der Waals surface area contributed by atoms with E-state index < -0.39 is 34.2 Å². The Morgan fingerprint density at radius 2 is 1.74 bits per heavy atom. The third-order valence-electron chi connectivity index (χ3n) is 3.58. The van der Waals surface area contributed by atoms with Crippen LogP contribution in [-0.2, 0) is 14.8 Å². The highest BCUT2D eigenvalue weighted by Gasteiger charge is 2.23. The highest BCUT2D eigenvalue weighted by molar-refractivity contribution is 7.89. The van der Waals surface area contributed by atoms with Crippen LogP contribution in [0.4, 0.5) is 4.39 Å². The van der Waals surface area contributed by atoms with Gasteiger partial charge in [0.05, 0.1) is 17.0 Å². The molecule has 2 N–H and O–H groups in total. The molecule has 0 bridgehead atoms. The molecule has 2 rings (SSSR count). The number of hydrogen-bond donors (Lipinski definition) is 2. The molecule has 0 saturated heterocycles. The van der Waals surface area contributed by atoms with Crippen LogP contribution in [0.2, 0.25) is 5.02 Å². The van der Waals surface area contributed by atoms with E-state index in [4.69, 9.17) is 11.6 Å². The predicted octanol–water partition coefficient (Wildman–Crippen LogP) is 1.87. The van der Waals surface area contributed by atoms with Gasteiger partial charge in [-0.3, -0.25) is 20.4 Å². The fraction of sp³-hybridized carbons (Fsp3) is 0.176. The number of halogens is 2. The highest BCUT2D eigenvalue weighted by Crippen LogP contribution is 2.15. The predicted molar refractivity (Wildman–Crippen MR) is 98.0 cm³/mol. The largest absolute Gasteiger partial charge is 0.272 e. The van der Waals surface area contributed by atoms with Crippen molar-refractivity contribution in [3.63, 3.8) is 0 Å². The van der Waals surface area contributed by atoms with Gasteiger partial charge in [0.15, 0.2) is 0 Å². The number of hydrogen-bond acceptors (Lipinski definition) is 4. The van der Waals surface area contributed by atoms with E-state index in [-0.39, 0.29) is 15.5 Å². The van der Waals surface area contributed by atoms with Crippen LogP contribution in [0, 0.1) is 12.7 Å². The molecule has 0 radical (unpaired) electrons. The third kappa shape index (κ3) is 5.25. The summed E-state index contributed by atoms with van der Waals surface area (Å²) in [6.07, 6.45) is 0. The van der Waals surface area contributed by atoms with Crippen LogP contribution in [0.25, 0.3) is 0 Å². The first-order valence-electron chi connectivity index (χ1n) is 7.68. The molecule has 0 unspecified atom stereocenters. The highest BCUT2D eigenvalue weighted by atomic mass is 35.5. The van der Waals surface area contributed by atoms with Crippen molar-refractivity contribution in [1.29, 1.82) is 0 Å². The standard InChI is InChI=1S/C17H17ClFN3O4S/c1-11-3-6-13(7-4-11)27(25,26)22(2)10-16(23)20-21-17(24)14-9-12(18)5-8-15(14)19/h3-9H,10H2,1-2H3,(H,20,23)(H,21,24). The number of nitrogens with one attached hydrogen (secondary N) is 2. The van der Waals surface area contributed by atoms with Gasteiger partial charge in [0, 0.05) is 12.1 Å². The molecule has 0 fully saturated rings. The number of benzene rings is 2. The Morgan fingerprint density at radius 3 is 2.37 bits per heavy atom. The van der Waals surface area contributed by atoms with Crippen LogP contribution in [0.5, 0.6) is 0 Å². The maximum atomic E-state index is 13.6. The van der Waals surface area contributed by atoms with Gasteiger partial charge < -0.3 is 0 Å². The first-order chi connectivity index (χ1) is 12.6. The van der Waals surface area contributed by atoms with E-state index >= 15 is 0 Å². The Kier molecular flexibility index (Phi) is 6.53. The third-order valence-corrected chi connectivity index (χ3v) is 5.64. The fourth-order valence-electron chi connectivity index (χ4n) is 2.08. The summed E-state index contributed by atoms with van der Waals surface area (Å²) in [4.78, 5) is 23.9. The van der Waals surface area contributed by atoms with Gasteiger partial charge in [0.2, 0.25) is 10.0 Å². The molecular weight excluding hydrogens is 397 g/mol. The molecule has 0 heterocycles. The van der Waals surface area contributed by atoms with E-state index in [1.165, 1.54) is 25.2 Å². The van der Waals surface area contributed by atoms with Crippen molar-refractivity contribution in [2.75, 3.05) is 13.6 Å². The van der Waals surface area contributed by atoms with Crippen LogP contribution >= 0.6 is 11.6 Å². The van der Waals surface area contributed by atoms with Gasteiger partial charge >= 0.3 is 0 Å². The maximum absolute atomic E-state index is 13.6. The van der Waals surface area contributed by atoms with E-state index in [9.17, 15) is 22.4 Å². The van der Waals surface area contributed by atoms with Crippen molar-refractivity contribution in [1.82, 2.24) is 15.2 Å². The Balaban J connectivity index is 1.97. The molecule has 27 heavy (non-hydrogen) atoms. The summed E-state index contributed by atoms with van der Waals surface area (Å²) in [6, 6.07) is 9.54. The van der Waals surface area contributed by atoms with E-state index in [1.807, 2.05) is 17.8 Å². The van der Waals surface area contributed by atoms with Crippen molar-refractivity contribution in [3.05, 3.63) is 64.4 Å². The Bertz CT molecular complexity index is 965. The van der Waals surface area contributed by atoms with Gasteiger partial charge in [-0.2, -0.15) is 4.31 Å². The molecule has 2 aromatic rings. The molecule has 0 aromatic heterocycles. The van der Waals surface area contributed by atoms with E-state index in [1.54, 1.807) is 12.1 Å².